The number of fused-ring (bicyclic) bond motifs is 1. The molecule has 29 heavy (non-hydrogen) atoms. The van der Waals surface area contributed by atoms with Gasteiger partial charge in [0.15, 0.2) is 5.82 Å². The lowest BCUT2D eigenvalue weighted by Crippen LogP contribution is -2.31. The molecule has 0 N–H and O–H groups in total. The van der Waals surface area contributed by atoms with Crippen LogP contribution in [-0.2, 0) is 24.3 Å². The highest BCUT2D eigenvalue weighted by atomic mass is 16.5. The zero-order valence-electron chi connectivity index (χ0n) is 17.4. The van der Waals surface area contributed by atoms with Crippen LogP contribution in [0.5, 0.6) is 11.5 Å². The first-order valence-electron chi connectivity index (χ1n) is 10.2. The Morgan fingerprint density at radius 1 is 1.10 bits per heavy atom. The van der Waals surface area contributed by atoms with Crippen LogP contribution >= 0.6 is 0 Å². The Bertz CT molecular complexity index is 859. The lowest BCUT2D eigenvalue weighted by atomic mass is 10.1. The Balaban J connectivity index is 1.52. The zero-order chi connectivity index (χ0) is 20.4. The van der Waals surface area contributed by atoms with E-state index in [1.807, 2.05) is 23.1 Å². The average molecular weight is 399 g/mol. The van der Waals surface area contributed by atoms with Gasteiger partial charge in [-0.3, -0.25) is 9.69 Å². The second-order valence-electron chi connectivity index (χ2n) is 7.66. The maximum atomic E-state index is 12.0. The summed E-state index contributed by atoms with van der Waals surface area (Å²) >= 11 is 0. The topological polar surface area (TPSA) is 72.7 Å². The van der Waals surface area contributed by atoms with Crippen molar-refractivity contribution in [2.24, 2.45) is 0 Å². The highest BCUT2D eigenvalue weighted by molar-refractivity contribution is 5.74. The first-order valence-corrected chi connectivity index (χ1v) is 10.2. The van der Waals surface area contributed by atoms with Gasteiger partial charge in [-0.1, -0.05) is 6.07 Å². The number of benzene rings is 1. The molecule has 0 saturated carbocycles. The number of nitrogens with zero attached hydrogens (tertiary/aromatic N) is 5. The minimum atomic E-state index is 0.0506. The van der Waals surface area contributed by atoms with Crippen molar-refractivity contribution in [1.29, 1.82) is 0 Å². The Hall–Kier alpha value is -2.61. The molecule has 1 aromatic carbocycles. The van der Waals surface area contributed by atoms with Gasteiger partial charge in [-0.25, -0.2) is 0 Å². The molecule has 0 aliphatic carbocycles. The zero-order valence-corrected chi connectivity index (χ0v) is 17.4. The van der Waals surface area contributed by atoms with Crippen LogP contribution in [0, 0.1) is 0 Å². The minimum absolute atomic E-state index is 0.0506. The maximum absolute atomic E-state index is 12.0. The molecule has 156 valence electrons. The van der Waals surface area contributed by atoms with Crippen molar-refractivity contribution in [2.75, 3.05) is 33.9 Å². The van der Waals surface area contributed by atoms with Gasteiger partial charge >= 0.3 is 0 Å². The Morgan fingerprint density at radius 3 is 2.55 bits per heavy atom. The number of carbonyl (C=O) groups excluding carboxylic acids is 1. The minimum Gasteiger partial charge on any atom is -0.496 e. The Labute approximate surface area is 171 Å². The van der Waals surface area contributed by atoms with E-state index in [1.54, 1.807) is 21.1 Å². The Kier molecular flexibility index (Phi) is 5.71. The molecule has 8 heteroatoms. The predicted octanol–water partition coefficient (Wildman–Crippen LogP) is 2.04. The molecular formula is C21H29N5O3. The van der Waals surface area contributed by atoms with Crippen molar-refractivity contribution in [3.63, 3.8) is 0 Å². The molecule has 0 spiro atoms. The van der Waals surface area contributed by atoms with E-state index in [9.17, 15) is 4.79 Å². The van der Waals surface area contributed by atoms with Crippen molar-refractivity contribution >= 4 is 5.91 Å². The van der Waals surface area contributed by atoms with E-state index in [2.05, 4.69) is 19.7 Å². The van der Waals surface area contributed by atoms with E-state index in [0.717, 1.165) is 80.7 Å². The SMILES string of the molecule is COc1cccc(OC)c1CN1CCc2nnc(C3CCCN3C(C)=O)n2CC1. The molecule has 1 atom stereocenters. The largest absolute Gasteiger partial charge is 0.496 e. The van der Waals surface area contributed by atoms with E-state index >= 15 is 0 Å². The molecule has 2 aromatic rings. The standard InChI is InChI=1S/C21H29N5O3/c1-15(27)25-10-5-6-17(25)21-23-22-20-9-11-24(12-13-26(20)21)14-16-18(28-2)7-4-8-19(16)29-3/h4,7-8,17H,5-6,9-14H2,1-3H3. The molecule has 1 unspecified atom stereocenters. The van der Waals surface area contributed by atoms with Crippen molar-refractivity contribution < 1.29 is 14.3 Å². The van der Waals surface area contributed by atoms with Crippen molar-refractivity contribution in [2.45, 2.75) is 45.3 Å². The lowest BCUT2D eigenvalue weighted by molar-refractivity contribution is -0.129. The number of methoxy groups -OCH3 is 2. The summed E-state index contributed by atoms with van der Waals surface area (Å²) in [6.45, 7) is 5.79. The molecule has 4 rings (SSSR count). The van der Waals surface area contributed by atoms with Gasteiger partial charge in [0.2, 0.25) is 5.91 Å². The van der Waals surface area contributed by atoms with Crippen molar-refractivity contribution in [1.82, 2.24) is 24.6 Å². The van der Waals surface area contributed by atoms with Gasteiger partial charge in [-0.15, -0.1) is 10.2 Å². The van der Waals surface area contributed by atoms with Gasteiger partial charge < -0.3 is 18.9 Å². The number of aromatic nitrogens is 3. The summed E-state index contributed by atoms with van der Waals surface area (Å²) in [6, 6.07) is 5.94. The highest BCUT2D eigenvalue weighted by Gasteiger charge is 2.33. The summed E-state index contributed by atoms with van der Waals surface area (Å²) in [5, 5.41) is 8.94. The molecule has 1 fully saturated rings. The van der Waals surface area contributed by atoms with Crippen LogP contribution in [0.25, 0.3) is 0 Å². The quantitative estimate of drug-likeness (QED) is 0.766. The third-order valence-corrected chi connectivity index (χ3v) is 6.01. The van der Waals surface area contributed by atoms with Gasteiger partial charge in [0.25, 0.3) is 0 Å². The fourth-order valence-electron chi connectivity index (χ4n) is 4.51. The van der Waals surface area contributed by atoms with Gasteiger partial charge in [0, 0.05) is 46.1 Å². The van der Waals surface area contributed by atoms with Gasteiger partial charge in [-0.05, 0) is 25.0 Å². The predicted molar refractivity (Wildman–Crippen MR) is 108 cm³/mol. The number of ether oxygens (including phenoxy) is 2. The summed E-state index contributed by atoms with van der Waals surface area (Å²) in [4.78, 5) is 16.3. The van der Waals surface area contributed by atoms with Crippen LogP contribution in [0.3, 0.4) is 0 Å². The monoisotopic (exact) mass is 399 g/mol. The normalized spacial score (nSPS) is 19.7. The number of hydrogen-bond donors (Lipinski definition) is 0. The van der Waals surface area contributed by atoms with Gasteiger partial charge in [-0.2, -0.15) is 0 Å². The van der Waals surface area contributed by atoms with Crippen LogP contribution in [0.15, 0.2) is 18.2 Å². The van der Waals surface area contributed by atoms with E-state index < -0.39 is 0 Å². The van der Waals surface area contributed by atoms with Crippen LogP contribution in [-0.4, -0.2) is 64.3 Å². The van der Waals surface area contributed by atoms with E-state index in [1.165, 1.54) is 0 Å². The highest BCUT2D eigenvalue weighted by Crippen LogP contribution is 2.33. The molecule has 0 radical (unpaired) electrons. The van der Waals surface area contributed by atoms with Crippen LogP contribution in [0.2, 0.25) is 0 Å². The Morgan fingerprint density at radius 2 is 1.86 bits per heavy atom. The van der Waals surface area contributed by atoms with Gasteiger partial charge in [0.1, 0.15) is 17.3 Å². The number of rotatable bonds is 5. The molecule has 1 aromatic heterocycles. The fraction of sp³-hybridized carbons (Fsp3) is 0.571. The molecule has 0 bridgehead atoms. The number of amides is 1. The summed E-state index contributed by atoms with van der Waals surface area (Å²) in [5.41, 5.74) is 1.06. The maximum Gasteiger partial charge on any atom is 0.220 e. The van der Waals surface area contributed by atoms with Crippen LogP contribution in [0.4, 0.5) is 0 Å². The smallest absolute Gasteiger partial charge is 0.220 e. The second-order valence-corrected chi connectivity index (χ2v) is 7.66. The molecule has 3 heterocycles. The molecule has 1 saturated heterocycles. The van der Waals surface area contributed by atoms with Crippen molar-refractivity contribution in [3.05, 3.63) is 35.4 Å². The summed E-state index contributed by atoms with van der Waals surface area (Å²) in [7, 11) is 3.38. The number of likely N-dealkylation sites (tertiary alicyclic amines) is 1. The summed E-state index contributed by atoms with van der Waals surface area (Å²) in [5.74, 6) is 3.74. The lowest BCUT2D eigenvalue weighted by Gasteiger charge is -2.24. The van der Waals surface area contributed by atoms with Crippen LogP contribution < -0.4 is 9.47 Å². The van der Waals surface area contributed by atoms with Gasteiger partial charge in [0.05, 0.1) is 25.8 Å². The van der Waals surface area contributed by atoms with E-state index in [0.29, 0.717) is 0 Å². The van der Waals surface area contributed by atoms with E-state index in [4.69, 9.17) is 9.47 Å². The molecule has 2 aliphatic heterocycles. The molecule has 8 nitrogen and oxygen atoms in total. The molecule has 2 aliphatic rings. The van der Waals surface area contributed by atoms with Crippen LogP contribution in [0.1, 0.15) is 43.0 Å². The average Bonchev–Trinajstić information content (AvgIpc) is 3.32. The third-order valence-electron chi connectivity index (χ3n) is 6.01. The summed E-state index contributed by atoms with van der Waals surface area (Å²) in [6.07, 6.45) is 2.81. The first-order chi connectivity index (χ1) is 14.1. The molecule has 1 amide bonds. The summed E-state index contributed by atoms with van der Waals surface area (Å²) < 4.78 is 13.3. The van der Waals surface area contributed by atoms with Crippen molar-refractivity contribution in [3.8, 4) is 11.5 Å². The second kappa shape index (κ2) is 8.41. The third kappa shape index (κ3) is 3.81. The number of hydrogen-bond acceptors (Lipinski definition) is 6. The fourth-order valence-corrected chi connectivity index (χ4v) is 4.51. The molecular weight excluding hydrogens is 370 g/mol. The first kappa shape index (κ1) is 19.7. The van der Waals surface area contributed by atoms with E-state index in [-0.39, 0.29) is 11.9 Å². The number of carbonyl (C=O) groups is 1.